The fraction of sp³-hybridized carbons (Fsp3) is 0.318. The summed E-state index contributed by atoms with van der Waals surface area (Å²) in [6, 6.07) is 12.9. The van der Waals surface area contributed by atoms with E-state index in [-0.39, 0.29) is 30.1 Å². The van der Waals surface area contributed by atoms with Gasteiger partial charge in [-0.25, -0.2) is 4.79 Å². The normalized spacial score (nSPS) is 12.0. The number of hydrogen-bond donors (Lipinski definition) is 1. The molecule has 1 atom stereocenters. The second kappa shape index (κ2) is 10.1. The number of aromatic nitrogens is 2. The number of alkyl halides is 2. The van der Waals surface area contributed by atoms with Gasteiger partial charge in [0.25, 0.3) is 5.91 Å². The Morgan fingerprint density at radius 1 is 1.03 bits per heavy atom. The third kappa shape index (κ3) is 5.13. The van der Waals surface area contributed by atoms with Gasteiger partial charge in [0.1, 0.15) is 5.75 Å². The average Bonchev–Trinajstić information content (AvgIpc) is 3.03. The number of nitrogens with zero attached hydrogens (tertiary/aromatic N) is 2. The van der Waals surface area contributed by atoms with E-state index < -0.39 is 24.6 Å². The Morgan fingerprint density at radius 3 is 2.31 bits per heavy atom. The van der Waals surface area contributed by atoms with Crippen molar-refractivity contribution in [2.45, 2.75) is 46.1 Å². The lowest BCUT2D eigenvalue weighted by molar-refractivity contribution is -0.153. The van der Waals surface area contributed by atoms with Gasteiger partial charge in [0.2, 0.25) is 0 Å². The number of rotatable bonds is 9. The number of esters is 1. The molecule has 0 aliphatic carbocycles. The first kappa shape index (κ1) is 23.0. The van der Waals surface area contributed by atoms with Gasteiger partial charge in [0, 0.05) is 13.1 Å². The molecule has 1 unspecified atom stereocenters. The van der Waals surface area contributed by atoms with Crippen LogP contribution in [0, 0.1) is 0 Å². The van der Waals surface area contributed by atoms with Crippen LogP contribution in [0.2, 0.25) is 0 Å². The summed E-state index contributed by atoms with van der Waals surface area (Å²) in [5, 5.41) is 2.41. The molecule has 0 aliphatic heterocycles. The largest absolute Gasteiger partial charge is 0.452 e. The number of nitrogens with one attached hydrogen (secondary N) is 1. The standard InChI is InChI=1S/C22H23F2N3O5/c1-3-26-16-9-5-6-10-17(16)27(22(26)30)13-12-19(28)31-14(2)20(29)25-15-8-4-7-11-18(15)32-21(23)24/h4-11,14,21H,3,12-13H2,1-2H3,(H,25,29). The minimum absolute atomic E-state index is 0.0274. The number of benzene rings is 2. The first-order valence-corrected chi connectivity index (χ1v) is 10.0. The van der Waals surface area contributed by atoms with E-state index in [1.54, 1.807) is 16.7 Å². The number of anilines is 1. The topological polar surface area (TPSA) is 91.6 Å². The summed E-state index contributed by atoms with van der Waals surface area (Å²) in [4.78, 5) is 37.2. The second-order valence-electron chi connectivity index (χ2n) is 6.91. The van der Waals surface area contributed by atoms with Crippen molar-refractivity contribution >= 4 is 28.6 Å². The Morgan fingerprint density at radius 2 is 1.66 bits per heavy atom. The van der Waals surface area contributed by atoms with E-state index in [2.05, 4.69) is 10.1 Å². The molecule has 8 nitrogen and oxygen atoms in total. The minimum Gasteiger partial charge on any atom is -0.452 e. The van der Waals surface area contributed by atoms with Crippen LogP contribution in [0.4, 0.5) is 14.5 Å². The molecular formula is C22H23F2N3O5. The van der Waals surface area contributed by atoms with Gasteiger partial charge in [-0.1, -0.05) is 24.3 Å². The highest BCUT2D eigenvalue weighted by Gasteiger charge is 2.21. The summed E-state index contributed by atoms with van der Waals surface area (Å²) >= 11 is 0. The summed E-state index contributed by atoms with van der Waals surface area (Å²) in [6.45, 7) is 0.747. The van der Waals surface area contributed by atoms with E-state index in [0.717, 1.165) is 5.52 Å². The van der Waals surface area contributed by atoms with Gasteiger partial charge in [-0.15, -0.1) is 0 Å². The van der Waals surface area contributed by atoms with Crippen molar-refractivity contribution in [1.82, 2.24) is 9.13 Å². The lowest BCUT2D eigenvalue weighted by atomic mass is 10.2. The van der Waals surface area contributed by atoms with Gasteiger partial charge < -0.3 is 14.8 Å². The van der Waals surface area contributed by atoms with Crippen molar-refractivity contribution < 1.29 is 27.8 Å². The van der Waals surface area contributed by atoms with Crippen LogP contribution < -0.4 is 15.7 Å². The van der Waals surface area contributed by atoms with Gasteiger partial charge in [-0.05, 0) is 38.1 Å². The van der Waals surface area contributed by atoms with Crippen LogP contribution in [0.3, 0.4) is 0 Å². The van der Waals surface area contributed by atoms with Crippen LogP contribution in [-0.4, -0.2) is 33.7 Å². The van der Waals surface area contributed by atoms with Crippen molar-refractivity contribution in [3.8, 4) is 5.75 Å². The molecule has 1 amide bonds. The summed E-state index contributed by atoms with van der Waals surface area (Å²) < 4.78 is 37.6. The third-order valence-electron chi connectivity index (χ3n) is 4.82. The first-order valence-electron chi connectivity index (χ1n) is 10.0. The number of aryl methyl sites for hydroxylation is 2. The molecule has 0 radical (unpaired) electrons. The fourth-order valence-corrected chi connectivity index (χ4v) is 3.31. The Bertz CT molecular complexity index is 1170. The molecule has 0 saturated carbocycles. The molecule has 0 spiro atoms. The molecule has 2 aromatic carbocycles. The SMILES string of the molecule is CCn1c(=O)n(CCC(=O)OC(C)C(=O)Nc2ccccc2OC(F)F)c2ccccc21. The van der Waals surface area contributed by atoms with Crippen molar-refractivity contribution in [3.63, 3.8) is 0 Å². The van der Waals surface area contributed by atoms with E-state index in [1.807, 2.05) is 19.1 Å². The maximum absolute atomic E-state index is 12.6. The third-order valence-corrected chi connectivity index (χ3v) is 4.82. The van der Waals surface area contributed by atoms with Gasteiger partial charge in [-0.2, -0.15) is 8.78 Å². The number of hydrogen-bond acceptors (Lipinski definition) is 5. The zero-order chi connectivity index (χ0) is 23.3. The van der Waals surface area contributed by atoms with Gasteiger partial charge >= 0.3 is 18.3 Å². The lowest BCUT2D eigenvalue weighted by Crippen LogP contribution is -2.31. The summed E-state index contributed by atoms with van der Waals surface area (Å²) in [6.07, 6.45) is -1.31. The van der Waals surface area contributed by atoms with Crippen LogP contribution in [0.5, 0.6) is 5.75 Å². The smallest absolute Gasteiger partial charge is 0.387 e. The summed E-state index contributed by atoms with van der Waals surface area (Å²) in [7, 11) is 0. The van der Waals surface area contributed by atoms with Crippen LogP contribution in [-0.2, 0) is 27.4 Å². The number of carbonyl (C=O) groups is 2. The monoisotopic (exact) mass is 447 g/mol. The quantitative estimate of drug-likeness (QED) is 0.508. The summed E-state index contributed by atoms with van der Waals surface area (Å²) in [5.74, 6) is -1.59. The molecule has 3 aromatic rings. The van der Waals surface area contributed by atoms with Crippen LogP contribution in [0.1, 0.15) is 20.3 Å². The number of para-hydroxylation sites is 4. The molecule has 170 valence electrons. The fourth-order valence-electron chi connectivity index (χ4n) is 3.31. The minimum atomic E-state index is -3.05. The van der Waals surface area contributed by atoms with E-state index in [0.29, 0.717) is 12.1 Å². The molecule has 1 heterocycles. The van der Waals surface area contributed by atoms with E-state index >= 15 is 0 Å². The van der Waals surface area contributed by atoms with Crippen molar-refractivity contribution in [3.05, 3.63) is 59.0 Å². The molecule has 10 heteroatoms. The lowest BCUT2D eigenvalue weighted by Gasteiger charge is -2.15. The maximum atomic E-state index is 12.6. The predicted octanol–water partition coefficient (Wildman–Crippen LogP) is 3.38. The zero-order valence-corrected chi connectivity index (χ0v) is 17.6. The summed E-state index contributed by atoms with van der Waals surface area (Å²) in [5.41, 5.74) is 1.27. The number of carbonyl (C=O) groups excluding carboxylic acids is 2. The molecule has 1 N–H and O–H groups in total. The van der Waals surface area contributed by atoms with Crippen molar-refractivity contribution in [2.75, 3.05) is 5.32 Å². The van der Waals surface area contributed by atoms with Crippen LogP contribution in [0.25, 0.3) is 11.0 Å². The number of halogens is 2. The highest BCUT2D eigenvalue weighted by molar-refractivity contribution is 5.96. The molecule has 0 fully saturated rings. The molecule has 0 bridgehead atoms. The highest BCUT2D eigenvalue weighted by Crippen LogP contribution is 2.25. The first-order chi connectivity index (χ1) is 15.3. The molecule has 3 rings (SSSR count). The number of imidazole rings is 1. The van der Waals surface area contributed by atoms with Crippen molar-refractivity contribution in [1.29, 1.82) is 0 Å². The van der Waals surface area contributed by atoms with Gasteiger partial charge in [0.05, 0.1) is 23.1 Å². The average molecular weight is 447 g/mol. The number of ether oxygens (including phenoxy) is 2. The zero-order valence-electron chi connectivity index (χ0n) is 17.6. The molecule has 32 heavy (non-hydrogen) atoms. The number of amides is 1. The van der Waals surface area contributed by atoms with E-state index in [4.69, 9.17) is 4.74 Å². The Labute approximate surface area is 182 Å². The second-order valence-corrected chi connectivity index (χ2v) is 6.91. The molecule has 1 aromatic heterocycles. The van der Waals surface area contributed by atoms with Gasteiger partial charge in [0.15, 0.2) is 6.10 Å². The Hall–Kier alpha value is -3.69. The van der Waals surface area contributed by atoms with Crippen LogP contribution in [0.15, 0.2) is 53.3 Å². The van der Waals surface area contributed by atoms with Crippen LogP contribution >= 0.6 is 0 Å². The predicted molar refractivity (Wildman–Crippen MR) is 114 cm³/mol. The molecule has 0 aliphatic rings. The van der Waals surface area contributed by atoms with Crippen molar-refractivity contribution in [2.24, 2.45) is 0 Å². The Kier molecular flexibility index (Phi) is 7.24. The van der Waals surface area contributed by atoms with E-state index in [1.165, 1.54) is 35.8 Å². The van der Waals surface area contributed by atoms with Gasteiger partial charge in [-0.3, -0.25) is 18.7 Å². The Balaban J connectivity index is 1.61. The molecular weight excluding hydrogens is 424 g/mol. The number of fused-ring (bicyclic) bond motifs is 1. The highest BCUT2D eigenvalue weighted by atomic mass is 19.3. The molecule has 0 saturated heterocycles. The maximum Gasteiger partial charge on any atom is 0.387 e. The van der Waals surface area contributed by atoms with E-state index in [9.17, 15) is 23.2 Å².